The van der Waals surface area contributed by atoms with Gasteiger partial charge in [-0.3, -0.25) is 14.5 Å². The molecule has 0 fully saturated rings. The second-order valence-corrected chi connectivity index (χ2v) is 8.69. The van der Waals surface area contributed by atoms with Gasteiger partial charge in [0.1, 0.15) is 12.4 Å². The Labute approximate surface area is 199 Å². The predicted molar refractivity (Wildman–Crippen MR) is 132 cm³/mol. The Kier molecular flexibility index (Phi) is 5.70. The number of imide groups is 1. The van der Waals surface area contributed by atoms with Crippen molar-refractivity contribution in [1.29, 1.82) is 0 Å². The van der Waals surface area contributed by atoms with Crippen LogP contribution >= 0.6 is 22.6 Å². The average Bonchev–Trinajstić information content (AvgIpc) is 3.36. The molecule has 160 valence electrons. The van der Waals surface area contributed by atoms with Crippen LogP contribution in [0.1, 0.15) is 31.8 Å². The van der Waals surface area contributed by atoms with Gasteiger partial charge in [0.15, 0.2) is 0 Å². The van der Waals surface area contributed by atoms with Crippen LogP contribution in [0.25, 0.3) is 10.9 Å². The highest BCUT2D eigenvalue weighted by molar-refractivity contribution is 14.1. The van der Waals surface area contributed by atoms with Crippen LogP contribution in [0.4, 0.5) is 0 Å². The highest BCUT2D eigenvalue weighted by atomic mass is 127. The van der Waals surface area contributed by atoms with Crippen molar-refractivity contribution < 1.29 is 14.3 Å². The number of carbonyl (C=O) groups excluding carboxylic acids is 2. The minimum Gasteiger partial charge on any atom is -0.487 e. The van der Waals surface area contributed by atoms with Gasteiger partial charge in [0.25, 0.3) is 11.8 Å². The fraction of sp³-hybridized carbons (Fsp3) is 0.154. The van der Waals surface area contributed by atoms with Crippen LogP contribution in [0.2, 0.25) is 0 Å². The summed E-state index contributed by atoms with van der Waals surface area (Å²) < 4.78 is 6.73. The zero-order chi connectivity index (χ0) is 22.1. The number of nitrogens with zero attached hydrogens (tertiary/aromatic N) is 1. The second kappa shape index (κ2) is 8.78. The fourth-order valence-corrected chi connectivity index (χ4v) is 4.92. The van der Waals surface area contributed by atoms with E-state index in [1.54, 1.807) is 24.3 Å². The predicted octanol–water partition coefficient (Wildman–Crippen LogP) is 5.39. The lowest BCUT2D eigenvalue weighted by atomic mass is 10.0. The Morgan fingerprint density at radius 1 is 0.875 bits per heavy atom. The van der Waals surface area contributed by atoms with Crippen molar-refractivity contribution >= 4 is 45.3 Å². The third-order valence-corrected chi connectivity index (χ3v) is 6.84. The van der Waals surface area contributed by atoms with E-state index in [0.29, 0.717) is 28.6 Å². The van der Waals surface area contributed by atoms with Crippen molar-refractivity contribution in [2.24, 2.45) is 0 Å². The lowest BCUT2D eigenvalue weighted by Crippen LogP contribution is -2.42. The van der Waals surface area contributed by atoms with E-state index in [4.69, 9.17) is 4.74 Å². The highest BCUT2D eigenvalue weighted by Gasteiger charge is 2.39. The Morgan fingerprint density at radius 3 is 2.25 bits per heavy atom. The van der Waals surface area contributed by atoms with Gasteiger partial charge in [-0.05, 0) is 35.7 Å². The number of hydrogen-bond acceptors (Lipinski definition) is 3. The number of ether oxygens (including phenoxy) is 1. The number of aromatic nitrogens is 1. The third-order valence-electron chi connectivity index (χ3n) is 5.82. The average molecular weight is 536 g/mol. The third kappa shape index (κ3) is 3.68. The molecule has 32 heavy (non-hydrogen) atoms. The maximum absolute atomic E-state index is 12.9. The largest absolute Gasteiger partial charge is 0.487 e. The van der Waals surface area contributed by atoms with Gasteiger partial charge in [-0.1, -0.05) is 77.2 Å². The molecule has 5 rings (SSSR count). The summed E-state index contributed by atoms with van der Waals surface area (Å²) in [6.07, 6.45) is 2.54. The summed E-state index contributed by atoms with van der Waals surface area (Å²) in [5, 5.41) is 1.04. The fourth-order valence-electron chi connectivity index (χ4n) is 4.22. The van der Waals surface area contributed by atoms with Gasteiger partial charge in [0.05, 0.1) is 22.7 Å². The van der Waals surface area contributed by atoms with Crippen molar-refractivity contribution in [1.82, 2.24) is 9.88 Å². The number of H-pyrrole nitrogens is 1. The van der Waals surface area contributed by atoms with Crippen LogP contribution in [-0.4, -0.2) is 32.2 Å². The summed E-state index contributed by atoms with van der Waals surface area (Å²) in [6, 6.07) is 22.8. The Hall–Kier alpha value is -3.13. The summed E-state index contributed by atoms with van der Waals surface area (Å²) in [5.74, 6) is 0.363. The maximum Gasteiger partial charge on any atom is 0.261 e. The first-order valence-corrected chi connectivity index (χ1v) is 12.0. The summed E-state index contributed by atoms with van der Waals surface area (Å²) >= 11 is 2.25. The van der Waals surface area contributed by atoms with E-state index in [1.807, 2.05) is 54.7 Å². The summed E-state index contributed by atoms with van der Waals surface area (Å²) in [5.41, 5.74) is 4.06. The number of benzene rings is 3. The van der Waals surface area contributed by atoms with E-state index in [2.05, 4.69) is 27.6 Å². The van der Waals surface area contributed by atoms with Gasteiger partial charge >= 0.3 is 0 Å². The van der Waals surface area contributed by atoms with Crippen molar-refractivity contribution in [2.75, 3.05) is 4.43 Å². The second-order valence-electron chi connectivity index (χ2n) is 7.81. The number of fused-ring (bicyclic) bond motifs is 2. The van der Waals surface area contributed by atoms with E-state index in [9.17, 15) is 9.59 Å². The minimum atomic E-state index is -0.226. The van der Waals surface area contributed by atoms with Gasteiger partial charge in [0.2, 0.25) is 0 Å². The molecular weight excluding hydrogens is 515 g/mol. The Bertz CT molecular complexity index is 1260. The number of aromatic amines is 1. The van der Waals surface area contributed by atoms with Gasteiger partial charge in [-0.15, -0.1) is 0 Å². The van der Waals surface area contributed by atoms with E-state index < -0.39 is 0 Å². The van der Waals surface area contributed by atoms with Gasteiger partial charge < -0.3 is 9.72 Å². The molecule has 1 aromatic heterocycles. The molecule has 0 saturated heterocycles. The van der Waals surface area contributed by atoms with Crippen LogP contribution in [0, 0.1) is 0 Å². The molecule has 1 N–H and O–H groups in total. The molecule has 0 saturated carbocycles. The molecule has 0 radical (unpaired) electrons. The molecule has 1 aliphatic heterocycles. The molecule has 1 atom stereocenters. The molecule has 0 aliphatic carbocycles. The number of hydrogen-bond donors (Lipinski definition) is 1. The van der Waals surface area contributed by atoms with Crippen LogP contribution in [0.5, 0.6) is 5.75 Å². The Morgan fingerprint density at radius 2 is 1.56 bits per heavy atom. The molecule has 6 heteroatoms. The molecule has 5 nitrogen and oxygen atoms in total. The maximum atomic E-state index is 12.9. The van der Waals surface area contributed by atoms with Crippen molar-refractivity contribution in [3.63, 3.8) is 0 Å². The van der Waals surface area contributed by atoms with Crippen LogP contribution < -0.4 is 4.74 Å². The van der Waals surface area contributed by atoms with E-state index in [-0.39, 0.29) is 17.9 Å². The normalized spacial score (nSPS) is 14.1. The molecule has 1 aliphatic rings. The van der Waals surface area contributed by atoms with Crippen LogP contribution in [-0.2, 0) is 13.0 Å². The number of nitrogens with one attached hydrogen (secondary N) is 1. The zero-order valence-electron chi connectivity index (χ0n) is 17.3. The zero-order valence-corrected chi connectivity index (χ0v) is 19.4. The number of amides is 2. The smallest absolute Gasteiger partial charge is 0.261 e. The first kappa shape index (κ1) is 20.8. The first-order chi connectivity index (χ1) is 15.7. The van der Waals surface area contributed by atoms with E-state index >= 15 is 0 Å². The molecular formula is C26H21IN2O3. The lowest BCUT2D eigenvalue weighted by Gasteiger charge is -2.24. The Balaban J connectivity index is 1.39. The first-order valence-electron chi connectivity index (χ1n) is 10.5. The number of rotatable bonds is 7. The minimum absolute atomic E-state index is 0.209. The number of para-hydroxylation sites is 1. The molecule has 2 amide bonds. The van der Waals surface area contributed by atoms with E-state index in [1.165, 1.54) is 4.90 Å². The van der Waals surface area contributed by atoms with Crippen LogP contribution in [0.3, 0.4) is 0 Å². The molecule has 0 bridgehead atoms. The van der Waals surface area contributed by atoms with E-state index in [0.717, 1.165) is 27.8 Å². The summed E-state index contributed by atoms with van der Waals surface area (Å²) in [4.78, 5) is 30.7. The SMILES string of the molecule is O=C1c2ccccc2C(=O)N1C(CI)Cc1c[nH]c2c(OCc3ccccc3)cccc12. The molecule has 2 heterocycles. The molecule has 0 spiro atoms. The van der Waals surface area contributed by atoms with Gasteiger partial charge in [-0.2, -0.15) is 0 Å². The monoisotopic (exact) mass is 536 g/mol. The number of carbonyl (C=O) groups is 2. The van der Waals surface area contributed by atoms with Crippen molar-refractivity contribution in [3.8, 4) is 5.75 Å². The van der Waals surface area contributed by atoms with Gasteiger partial charge in [0, 0.05) is 16.0 Å². The van der Waals surface area contributed by atoms with Crippen LogP contribution in [0.15, 0.2) is 79.0 Å². The van der Waals surface area contributed by atoms with Gasteiger partial charge in [-0.25, -0.2) is 0 Å². The highest BCUT2D eigenvalue weighted by Crippen LogP contribution is 2.31. The molecule has 1 unspecified atom stereocenters. The van der Waals surface area contributed by atoms with Crippen molar-refractivity contribution in [2.45, 2.75) is 19.1 Å². The number of alkyl halides is 1. The molecule has 3 aromatic carbocycles. The topological polar surface area (TPSA) is 62.4 Å². The quantitative estimate of drug-likeness (QED) is 0.196. The summed E-state index contributed by atoms with van der Waals surface area (Å²) in [6.45, 7) is 0.486. The lowest BCUT2D eigenvalue weighted by molar-refractivity contribution is 0.0602. The molecule has 4 aromatic rings. The summed E-state index contributed by atoms with van der Waals surface area (Å²) in [7, 11) is 0. The standard InChI is InChI=1S/C26H21IN2O3/c27-14-19(29-25(30)21-9-4-5-10-22(21)26(29)31)13-18-15-28-24-20(18)11-6-12-23(24)32-16-17-7-2-1-3-8-17/h1-12,15,19,28H,13-14,16H2. The van der Waals surface area contributed by atoms with Crippen molar-refractivity contribution in [3.05, 3.63) is 101 Å². The number of halogens is 1.